The van der Waals surface area contributed by atoms with E-state index in [0.717, 1.165) is 0 Å². The van der Waals surface area contributed by atoms with E-state index in [2.05, 4.69) is 5.32 Å². The zero-order valence-corrected chi connectivity index (χ0v) is 11.5. The van der Waals surface area contributed by atoms with Gasteiger partial charge in [0.15, 0.2) is 0 Å². The van der Waals surface area contributed by atoms with Crippen LogP contribution in [-0.2, 0) is 19.1 Å². The summed E-state index contributed by atoms with van der Waals surface area (Å²) >= 11 is 0. The number of carbonyl (C=O) groups excluding carboxylic acids is 3. The minimum absolute atomic E-state index is 0.122. The SMILES string of the molecule is CCOC(=O)C(CNC(=O)OC(C)(C)C)C(C)=O. The summed E-state index contributed by atoms with van der Waals surface area (Å²) in [5.74, 6) is -1.98. The van der Waals surface area contributed by atoms with E-state index in [0.29, 0.717) is 0 Å². The third-order valence-electron chi connectivity index (χ3n) is 1.91. The Morgan fingerprint density at radius 1 is 1.22 bits per heavy atom. The molecule has 0 aromatic heterocycles. The van der Waals surface area contributed by atoms with Crippen molar-refractivity contribution >= 4 is 17.8 Å². The predicted octanol–water partition coefficient (Wildman–Crippen LogP) is 1.28. The number of hydrogen-bond acceptors (Lipinski definition) is 5. The lowest BCUT2D eigenvalue weighted by molar-refractivity contribution is -0.150. The molecule has 0 rings (SSSR count). The molecule has 6 heteroatoms. The van der Waals surface area contributed by atoms with E-state index in [1.54, 1.807) is 27.7 Å². The summed E-state index contributed by atoms with van der Waals surface area (Å²) in [6.45, 7) is 8.16. The summed E-state index contributed by atoms with van der Waals surface area (Å²) in [5.41, 5.74) is -0.625. The molecule has 0 spiro atoms. The van der Waals surface area contributed by atoms with Crippen LogP contribution in [0.5, 0.6) is 0 Å². The van der Waals surface area contributed by atoms with Crippen LogP contribution < -0.4 is 5.32 Å². The highest BCUT2D eigenvalue weighted by Crippen LogP contribution is 2.07. The number of ether oxygens (including phenoxy) is 2. The second-order valence-corrected chi connectivity index (χ2v) is 4.80. The maximum Gasteiger partial charge on any atom is 0.407 e. The molecule has 1 N–H and O–H groups in total. The minimum atomic E-state index is -0.988. The van der Waals surface area contributed by atoms with E-state index < -0.39 is 23.6 Å². The molecule has 0 saturated heterocycles. The van der Waals surface area contributed by atoms with Gasteiger partial charge in [-0.2, -0.15) is 0 Å². The number of hydrogen-bond donors (Lipinski definition) is 1. The second kappa shape index (κ2) is 6.98. The van der Waals surface area contributed by atoms with E-state index in [9.17, 15) is 14.4 Å². The van der Waals surface area contributed by atoms with E-state index in [1.807, 2.05) is 0 Å². The van der Waals surface area contributed by atoms with Crippen molar-refractivity contribution in [3.63, 3.8) is 0 Å². The highest BCUT2D eigenvalue weighted by atomic mass is 16.6. The maximum absolute atomic E-state index is 11.4. The van der Waals surface area contributed by atoms with Gasteiger partial charge in [0.2, 0.25) is 0 Å². The third kappa shape index (κ3) is 6.88. The van der Waals surface area contributed by atoms with Crippen LogP contribution in [0.4, 0.5) is 4.79 Å². The summed E-state index contributed by atoms with van der Waals surface area (Å²) in [5, 5.41) is 2.38. The van der Waals surface area contributed by atoms with Crippen molar-refractivity contribution in [1.29, 1.82) is 0 Å². The van der Waals surface area contributed by atoms with Crippen molar-refractivity contribution in [1.82, 2.24) is 5.32 Å². The molecule has 0 fully saturated rings. The number of esters is 1. The number of rotatable bonds is 5. The Morgan fingerprint density at radius 2 is 1.78 bits per heavy atom. The quantitative estimate of drug-likeness (QED) is 0.594. The number of amides is 1. The molecular formula is C12H21NO5. The zero-order valence-electron chi connectivity index (χ0n) is 11.5. The maximum atomic E-state index is 11.4. The van der Waals surface area contributed by atoms with Crippen LogP contribution in [0.1, 0.15) is 34.6 Å². The van der Waals surface area contributed by atoms with Crippen LogP contribution in [0.15, 0.2) is 0 Å². The Morgan fingerprint density at radius 3 is 2.17 bits per heavy atom. The summed E-state index contributed by atoms with van der Waals surface area (Å²) in [4.78, 5) is 34.1. The molecule has 6 nitrogen and oxygen atoms in total. The van der Waals surface area contributed by atoms with Crippen molar-refractivity contribution < 1.29 is 23.9 Å². The smallest absolute Gasteiger partial charge is 0.407 e. The molecule has 0 aliphatic rings. The molecule has 0 aromatic carbocycles. The van der Waals surface area contributed by atoms with Crippen molar-refractivity contribution in [3.05, 3.63) is 0 Å². The van der Waals surface area contributed by atoms with Crippen LogP contribution in [0, 0.1) is 5.92 Å². The van der Waals surface area contributed by atoms with Gasteiger partial charge in [0.1, 0.15) is 17.3 Å². The first-order valence-corrected chi connectivity index (χ1v) is 5.81. The molecule has 0 bridgehead atoms. The van der Waals surface area contributed by atoms with Crippen LogP contribution in [0.25, 0.3) is 0 Å². The lowest BCUT2D eigenvalue weighted by atomic mass is 10.1. The van der Waals surface area contributed by atoms with E-state index in [-0.39, 0.29) is 18.9 Å². The highest BCUT2D eigenvalue weighted by molar-refractivity contribution is 5.98. The molecule has 1 unspecified atom stereocenters. The average Bonchev–Trinajstić information content (AvgIpc) is 2.14. The number of nitrogens with one attached hydrogen (secondary N) is 1. The summed E-state index contributed by atoms with van der Waals surface area (Å²) in [6.07, 6.45) is -0.668. The van der Waals surface area contributed by atoms with Crippen molar-refractivity contribution in [2.24, 2.45) is 5.92 Å². The fourth-order valence-electron chi connectivity index (χ4n) is 1.14. The number of alkyl carbamates (subject to hydrolysis) is 1. The highest BCUT2D eigenvalue weighted by Gasteiger charge is 2.26. The summed E-state index contributed by atoms with van der Waals surface area (Å²) in [7, 11) is 0. The predicted molar refractivity (Wildman–Crippen MR) is 65.0 cm³/mol. The molecule has 0 aromatic rings. The fraction of sp³-hybridized carbons (Fsp3) is 0.750. The average molecular weight is 259 g/mol. The lowest BCUT2D eigenvalue weighted by Gasteiger charge is -2.20. The van der Waals surface area contributed by atoms with Gasteiger partial charge in [0.25, 0.3) is 0 Å². The standard InChI is InChI=1S/C12H21NO5/c1-6-17-10(15)9(8(2)14)7-13-11(16)18-12(3,4)5/h9H,6-7H2,1-5H3,(H,13,16). The monoisotopic (exact) mass is 259 g/mol. The topological polar surface area (TPSA) is 81.7 Å². The van der Waals surface area contributed by atoms with Crippen molar-refractivity contribution in [3.8, 4) is 0 Å². The van der Waals surface area contributed by atoms with Crippen LogP contribution in [0.2, 0.25) is 0 Å². The molecular weight excluding hydrogens is 238 g/mol. The minimum Gasteiger partial charge on any atom is -0.465 e. The van der Waals surface area contributed by atoms with Crippen molar-refractivity contribution in [2.75, 3.05) is 13.2 Å². The lowest BCUT2D eigenvalue weighted by Crippen LogP contribution is -2.40. The van der Waals surface area contributed by atoms with Gasteiger partial charge in [-0.3, -0.25) is 9.59 Å². The van der Waals surface area contributed by atoms with Gasteiger partial charge in [0.05, 0.1) is 6.61 Å². The molecule has 0 radical (unpaired) electrons. The third-order valence-corrected chi connectivity index (χ3v) is 1.91. The Balaban J connectivity index is 4.33. The Hall–Kier alpha value is -1.59. The summed E-state index contributed by atoms with van der Waals surface area (Å²) in [6, 6.07) is 0. The molecule has 0 saturated carbocycles. The van der Waals surface area contributed by atoms with Crippen LogP contribution >= 0.6 is 0 Å². The molecule has 1 atom stereocenters. The van der Waals surface area contributed by atoms with E-state index in [1.165, 1.54) is 6.92 Å². The molecule has 0 aliphatic carbocycles. The number of carbonyl (C=O) groups is 3. The van der Waals surface area contributed by atoms with Gasteiger partial charge in [0, 0.05) is 6.54 Å². The van der Waals surface area contributed by atoms with Gasteiger partial charge < -0.3 is 14.8 Å². The van der Waals surface area contributed by atoms with Crippen LogP contribution in [-0.4, -0.2) is 36.6 Å². The first-order valence-electron chi connectivity index (χ1n) is 5.81. The van der Waals surface area contributed by atoms with Gasteiger partial charge in [-0.1, -0.05) is 0 Å². The van der Waals surface area contributed by atoms with Crippen LogP contribution in [0.3, 0.4) is 0 Å². The largest absolute Gasteiger partial charge is 0.465 e. The Labute approximate surface area is 107 Å². The molecule has 104 valence electrons. The molecule has 18 heavy (non-hydrogen) atoms. The fourth-order valence-corrected chi connectivity index (χ4v) is 1.14. The van der Waals surface area contributed by atoms with E-state index >= 15 is 0 Å². The Bertz CT molecular complexity index is 319. The molecule has 1 amide bonds. The molecule has 0 heterocycles. The Kier molecular flexibility index (Phi) is 6.36. The molecule has 0 aliphatic heterocycles. The van der Waals surface area contributed by atoms with Gasteiger partial charge in [-0.25, -0.2) is 4.79 Å². The zero-order chi connectivity index (χ0) is 14.3. The normalized spacial score (nSPS) is 12.5. The number of Topliss-reactive ketones (excluding diaryl/α,β-unsaturated/α-hetero) is 1. The van der Waals surface area contributed by atoms with Crippen molar-refractivity contribution in [2.45, 2.75) is 40.2 Å². The summed E-state index contributed by atoms with van der Waals surface area (Å²) < 4.78 is 9.74. The first kappa shape index (κ1) is 16.4. The second-order valence-electron chi connectivity index (χ2n) is 4.80. The van der Waals surface area contributed by atoms with Gasteiger partial charge in [-0.05, 0) is 34.6 Å². The van der Waals surface area contributed by atoms with Gasteiger partial charge >= 0.3 is 12.1 Å². The van der Waals surface area contributed by atoms with Gasteiger partial charge in [-0.15, -0.1) is 0 Å². The van der Waals surface area contributed by atoms with E-state index in [4.69, 9.17) is 9.47 Å². The first-order chi connectivity index (χ1) is 8.17. The number of ketones is 1.